The maximum absolute atomic E-state index is 12.1. The van der Waals surface area contributed by atoms with E-state index < -0.39 is 11.4 Å². The fourth-order valence-corrected chi connectivity index (χ4v) is 2.82. The van der Waals surface area contributed by atoms with Crippen LogP contribution in [0.15, 0.2) is 11.8 Å². The van der Waals surface area contributed by atoms with Crippen molar-refractivity contribution >= 4 is 11.8 Å². The van der Waals surface area contributed by atoms with Gasteiger partial charge in [0, 0.05) is 25.0 Å². The summed E-state index contributed by atoms with van der Waals surface area (Å²) in [7, 11) is 0. The van der Waals surface area contributed by atoms with Crippen LogP contribution in [-0.2, 0) is 19.1 Å². The van der Waals surface area contributed by atoms with Gasteiger partial charge in [-0.3, -0.25) is 9.59 Å². The van der Waals surface area contributed by atoms with Gasteiger partial charge in [-0.1, -0.05) is 20.8 Å². The number of cyclic esters (lactones) is 1. The number of esters is 1. The van der Waals surface area contributed by atoms with E-state index in [2.05, 4.69) is 0 Å². The van der Waals surface area contributed by atoms with Crippen molar-refractivity contribution in [3.63, 3.8) is 0 Å². The van der Waals surface area contributed by atoms with E-state index in [1.165, 1.54) is 6.08 Å². The molecule has 0 radical (unpaired) electrons. The molecule has 0 unspecified atom stereocenters. The largest absolute Gasteiger partial charge is 0.511 e. The van der Waals surface area contributed by atoms with Gasteiger partial charge < -0.3 is 14.6 Å². The van der Waals surface area contributed by atoms with Crippen molar-refractivity contribution in [1.82, 2.24) is 0 Å². The summed E-state index contributed by atoms with van der Waals surface area (Å²) in [5, 5.41) is 10.0. The third-order valence-electron chi connectivity index (χ3n) is 3.91. The molecule has 5 heteroatoms. The van der Waals surface area contributed by atoms with Crippen LogP contribution in [0.1, 0.15) is 33.6 Å². The molecule has 112 valence electrons. The summed E-state index contributed by atoms with van der Waals surface area (Å²) >= 11 is 0. The molecule has 1 aliphatic heterocycles. The number of hydrogen-bond acceptors (Lipinski definition) is 5. The summed E-state index contributed by atoms with van der Waals surface area (Å²) < 4.78 is 10.8. The number of rotatable bonds is 4. The van der Waals surface area contributed by atoms with Crippen LogP contribution in [0.4, 0.5) is 0 Å². The third kappa shape index (κ3) is 2.73. The number of aliphatic hydroxyl groups excluding tert-OH is 1. The Hall–Kier alpha value is -1.36. The Morgan fingerprint density at radius 2 is 2.15 bits per heavy atom. The lowest BCUT2D eigenvalue weighted by Gasteiger charge is -2.30. The average molecular weight is 282 g/mol. The SMILES string of the molecule is CC(C)COC[C@H]1C[C@@]2(C[C@H](C)C(=O)C=C2O)C(=O)O1. The Balaban J connectivity index is 2.05. The molecular formula is C15H22O5. The predicted octanol–water partition coefficient (Wildman–Crippen LogP) is 2.01. The Morgan fingerprint density at radius 1 is 1.45 bits per heavy atom. The van der Waals surface area contributed by atoms with Gasteiger partial charge in [-0.2, -0.15) is 0 Å². The molecule has 2 aliphatic rings. The van der Waals surface area contributed by atoms with Gasteiger partial charge in [-0.25, -0.2) is 0 Å². The van der Waals surface area contributed by atoms with Crippen LogP contribution >= 0.6 is 0 Å². The summed E-state index contributed by atoms with van der Waals surface area (Å²) in [6.45, 7) is 6.80. The molecule has 1 saturated heterocycles. The van der Waals surface area contributed by atoms with Gasteiger partial charge in [-0.15, -0.1) is 0 Å². The van der Waals surface area contributed by atoms with Crippen molar-refractivity contribution < 1.29 is 24.2 Å². The molecule has 1 N–H and O–H groups in total. The van der Waals surface area contributed by atoms with Crippen molar-refractivity contribution in [3.05, 3.63) is 11.8 Å². The van der Waals surface area contributed by atoms with E-state index in [-0.39, 0.29) is 23.6 Å². The van der Waals surface area contributed by atoms with Crippen LogP contribution in [0, 0.1) is 17.3 Å². The van der Waals surface area contributed by atoms with Crippen molar-refractivity contribution in [2.75, 3.05) is 13.2 Å². The van der Waals surface area contributed by atoms with Crippen molar-refractivity contribution in [1.29, 1.82) is 0 Å². The van der Waals surface area contributed by atoms with Crippen molar-refractivity contribution in [3.8, 4) is 0 Å². The highest BCUT2D eigenvalue weighted by atomic mass is 16.6. The number of aliphatic hydroxyl groups is 1. The maximum Gasteiger partial charge on any atom is 0.320 e. The number of allylic oxidation sites excluding steroid dienone is 1. The lowest BCUT2D eigenvalue weighted by Crippen LogP contribution is -2.37. The standard InChI is InChI=1S/C15H22O5/c1-9(2)7-19-8-11-6-15(14(18)20-11)5-10(3)12(16)4-13(15)17/h4,9-11,17H,5-8H2,1-3H3/t10-,11+,15+/m0/s1. The second-order valence-corrected chi connectivity index (χ2v) is 6.28. The van der Waals surface area contributed by atoms with Crippen LogP contribution in [0.5, 0.6) is 0 Å². The third-order valence-corrected chi connectivity index (χ3v) is 3.91. The molecule has 0 aromatic heterocycles. The average Bonchev–Trinajstić information content (AvgIpc) is 2.64. The van der Waals surface area contributed by atoms with E-state index in [4.69, 9.17) is 9.47 Å². The summed E-state index contributed by atoms with van der Waals surface area (Å²) in [4.78, 5) is 23.7. The van der Waals surface area contributed by atoms with Gasteiger partial charge in [0.25, 0.3) is 0 Å². The van der Waals surface area contributed by atoms with Gasteiger partial charge in [-0.05, 0) is 12.3 Å². The van der Waals surface area contributed by atoms with E-state index in [1.807, 2.05) is 13.8 Å². The zero-order valence-electron chi connectivity index (χ0n) is 12.2. The van der Waals surface area contributed by atoms with Gasteiger partial charge in [0.05, 0.1) is 6.61 Å². The first-order chi connectivity index (χ1) is 9.35. The lowest BCUT2D eigenvalue weighted by molar-refractivity contribution is -0.151. The van der Waals surface area contributed by atoms with Gasteiger partial charge >= 0.3 is 5.97 Å². The van der Waals surface area contributed by atoms with E-state index in [9.17, 15) is 14.7 Å². The Kier molecular flexibility index (Phi) is 4.18. The second kappa shape index (κ2) is 5.56. The normalized spacial score (nSPS) is 33.7. The van der Waals surface area contributed by atoms with E-state index in [0.29, 0.717) is 32.0 Å². The summed E-state index contributed by atoms with van der Waals surface area (Å²) in [6, 6.07) is 0. The first kappa shape index (κ1) is 15.0. The van der Waals surface area contributed by atoms with Crippen LogP contribution < -0.4 is 0 Å². The quantitative estimate of drug-likeness (QED) is 0.798. The van der Waals surface area contributed by atoms with E-state index >= 15 is 0 Å². The predicted molar refractivity (Wildman–Crippen MR) is 72.1 cm³/mol. The smallest absolute Gasteiger partial charge is 0.320 e. The highest BCUT2D eigenvalue weighted by Crippen LogP contribution is 2.47. The summed E-state index contributed by atoms with van der Waals surface area (Å²) in [5.74, 6) is -0.586. The van der Waals surface area contributed by atoms with Gasteiger partial charge in [0.1, 0.15) is 17.3 Å². The van der Waals surface area contributed by atoms with Crippen molar-refractivity contribution in [2.24, 2.45) is 17.3 Å². The molecule has 1 aliphatic carbocycles. The minimum absolute atomic E-state index is 0.138. The highest BCUT2D eigenvalue weighted by Gasteiger charge is 2.55. The number of ether oxygens (including phenoxy) is 2. The molecule has 3 atom stereocenters. The Labute approximate surface area is 118 Å². The summed E-state index contributed by atoms with van der Waals surface area (Å²) in [5.41, 5.74) is -1.04. The molecule has 2 rings (SSSR count). The monoisotopic (exact) mass is 282 g/mol. The van der Waals surface area contributed by atoms with Gasteiger partial charge in [0.2, 0.25) is 0 Å². The second-order valence-electron chi connectivity index (χ2n) is 6.28. The Morgan fingerprint density at radius 3 is 2.80 bits per heavy atom. The number of carbonyl (C=O) groups is 2. The van der Waals surface area contributed by atoms with Crippen LogP contribution in [0.25, 0.3) is 0 Å². The first-order valence-corrected chi connectivity index (χ1v) is 7.09. The molecule has 20 heavy (non-hydrogen) atoms. The first-order valence-electron chi connectivity index (χ1n) is 7.09. The molecule has 0 aromatic carbocycles. The molecule has 1 fully saturated rings. The topological polar surface area (TPSA) is 72.8 Å². The molecular weight excluding hydrogens is 260 g/mol. The van der Waals surface area contributed by atoms with Crippen LogP contribution in [-0.4, -0.2) is 36.2 Å². The molecule has 1 spiro atoms. The maximum atomic E-state index is 12.1. The minimum atomic E-state index is -1.04. The van der Waals surface area contributed by atoms with Gasteiger partial charge in [0.15, 0.2) is 5.78 Å². The van der Waals surface area contributed by atoms with E-state index in [0.717, 1.165) is 0 Å². The Bertz CT molecular complexity index is 440. The number of ketones is 1. The van der Waals surface area contributed by atoms with E-state index in [1.54, 1.807) is 6.92 Å². The zero-order chi connectivity index (χ0) is 14.9. The molecule has 1 heterocycles. The molecule has 5 nitrogen and oxygen atoms in total. The van der Waals surface area contributed by atoms with Crippen LogP contribution in [0.3, 0.4) is 0 Å². The number of hydrogen-bond donors (Lipinski definition) is 1. The van der Waals surface area contributed by atoms with Crippen LogP contribution in [0.2, 0.25) is 0 Å². The minimum Gasteiger partial charge on any atom is -0.511 e. The zero-order valence-corrected chi connectivity index (χ0v) is 12.2. The van der Waals surface area contributed by atoms with Crippen molar-refractivity contribution in [2.45, 2.75) is 39.7 Å². The number of carbonyl (C=O) groups excluding carboxylic acids is 2. The highest BCUT2D eigenvalue weighted by molar-refractivity contribution is 5.96. The molecule has 0 bridgehead atoms. The fraction of sp³-hybridized carbons (Fsp3) is 0.733. The fourth-order valence-electron chi connectivity index (χ4n) is 2.82. The lowest BCUT2D eigenvalue weighted by atomic mass is 9.71. The molecule has 0 saturated carbocycles. The molecule has 0 amide bonds. The molecule has 0 aromatic rings. The summed E-state index contributed by atoms with van der Waals surface area (Å²) in [6.07, 6.45) is 1.52.